The maximum absolute atomic E-state index is 12.4. The predicted octanol–water partition coefficient (Wildman–Crippen LogP) is 2.84. The molecule has 4 heteroatoms. The van der Waals surface area contributed by atoms with Gasteiger partial charge in [-0.05, 0) is 31.0 Å². The molecule has 0 fully saturated rings. The fourth-order valence-corrected chi connectivity index (χ4v) is 2.07. The number of nitrogens with one attached hydrogen (secondary N) is 1. The van der Waals surface area contributed by atoms with Crippen molar-refractivity contribution in [3.63, 3.8) is 0 Å². The molecule has 0 aliphatic rings. The van der Waals surface area contributed by atoms with E-state index in [0.717, 1.165) is 11.1 Å². The fourth-order valence-electron chi connectivity index (χ4n) is 2.07. The van der Waals surface area contributed by atoms with E-state index in [1.54, 1.807) is 12.4 Å². The molecular weight excluding hydrogens is 250 g/mol. The lowest BCUT2D eigenvalue weighted by atomic mass is 10.1. The molecule has 3 rings (SSSR count). The summed E-state index contributed by atoms with van der Waals surface area (Å²) in [5.74, 6) is 0.596. The van der Waals surface area contributed by atoms with Crippen LogP contribution in [0.1, 0.15) is 11.1 Å². The van der Waals surface area contributed by atoms with Gasteiger partial charge < -0.3 is 0 Å². The van der Waals surface area contributed by atoms with Crippen LogP contribution in [0.3, 0.4) is 0 Å². The van der Waals surface area contributed by atoms with Crippen molar-refractivity contribution in [3.8, 4) is 16.9 Å². The SMILES string of the molecule is Cc1ccc(-c2c[nH]n(-c3ccc(C)cn3)c2=O)cc1. The summed E-state index contributed by atoms with van der Waals surface area (Å²) in [7, 11) is 0. The number of hydrogen-bond donors (Lipinski definition) is 1. The molecule has 2 heterocycles. The van der Waals surface area contributed by atoms with Gasteiger partial charge in [-0.3, -0.25) is 9.89 Å². The Morgan fingerprint density at radius 3 is 2.35 bits per heavy atom. The van der Waals surface area contributed by atoms with E-state index in [1.165, 1.54) is 10.2 Å². The largest absolute Gasteiger partial charge is 0.296 e. The molecular formula is C16H15N3O. The second-order valence-electron chi connectivity index (χ2n) is 4.89. The van der Waals surface area contributed by atoms with E-state index in [-0.39, 0.29) is 5.56 Å². The summed E-state index contributed by atoms with van der Waals surface area (Å²) in [5.41, 5.74) is 3.69. The molecule has 20 heavy (non-hydrogen) atoms. The van der Waals surface area contributed by atoms with Crippen molar-refractivity contribution in [2.24, 2.45) is 0 Å². The highest BCUT2D eigenvalue weighted by molar-refractivity contribution is 5.62. The number of aryl methyl sites for hydroxylation is 2. The molecule has 0 aliphatic carbocycles. The van der Waals surface area contributed by atoms with Crippen molar-refractivity contribution in [2.45, 2.75) is 13.8 Å². The first-order valence-electron chi connectivity index (χ1n) is 6.45. The summed E-state index contributed by atoms with van der Waals surface area (Å²) >= 11 is 0. The van der Waals surface area contributed by atoms with Crippen LogP contribution in [-0.2, 0) is 0 Å². The van der Waals surface area contributed by atoms with Gasteiger partial charge in [-0.2, -0.15) is 0 Å². The number of hydrogen-bond acceptors (Lipinski definition) is 2. The van der Waals surface area contributed by atoms with Gasteiger partial charge in [0.15, 0.2) is 5.82 Å². The van der Waals surface area contributed by atoms with Gasteiger partial charge in [-0.15, -0.1) is 0 Å². The Bertz CT molecular complexity index is 714. The summed E-state index contributed by atoms with van der Waals surface area (Å²) in [6.45, 7) is 3.99. The number of aromatic nitrogens is 3. The van der Waals surface area contributed by atoms with Crippen LogP contribution in [0.25, 0.3) is 16.9 Å². The zero-order valence-electron chi connectivity index (χ0n) is 11.4. The normalized spacial score (nSPS) is 10.7. The number of pyridine rings is 1. The van der Waals surface area contributed by atoms with Gasteiger partial charge in [0.25, 0.3) is 5.56 Å². The predicted molar refractivity (Wildman–Crippen MR) is 79.1 cm³/mol. The molecule has 2 aromatic heterocycles. The number of rotatable bonds is 2. The van der Waals surface area contributed by atoms with Crippen LogP contribution in [0.5, 0.6) is 0 Å². The third kappa shape index (κ3) is 2.16. The molecule has 1 aromatic carbocycles. The number of aromatic amines is 1. The second-order valence-corrected chi connectivity index (χ2v) is 4.89. The van der Waals surface area contributed by atoms with E-state index >= 15 is 0 Å². The molecule has 0 saturated heterocycles. The van der Waals surface area contributed by atoms with Crippen molar-refractivity contribution >= 4 is 0 Å². The maximum Gasteiger partial charge on any atom is 0.280 e. The van der Waals surface area contributed by atoms with Crippen molar-refractivity contribution in [3.05, 3.63) is 70.3 Å². The van der Waals surface area contributed by atoms with E-state index in [0.29, 0.717) is 11.4 Å². The molecule has 0 amide bonds. The van der Waals surface area contributed by atoms with E-state index in [1.807, 2.05) is 50.2 Å². The van der Waals surface area contributed by atoms with E-state index in [4.69, 9.17) is 0 Å². The Morgan fingerprint density at radius 1 is 1.00 bits per heavy atom. The molecule has 0 bridgehead atoms. The Kier molecular flexibility index (Phi) is 2.99. The van der Waals surface area contributed by atoms with Crippen LogP contribution in [0.15, 0.2) is 53.6 Å². The maximum atomic E-state index is 12.4. The van der Waals surface area contributed by atoms with Gasteiger partial charge in [0.05, 0.1) is 5.56 Å². The van der Waals surface area contributed by atoms with E-state index in [9.17, 15) is 4.79 Å². The molecule has 0 unspecified atom stereocenters. The van der Waals surface area contributed by atoms with Crippen LogP contribution < -0.4 is 5.56 Å². The van der Waals surface area contributed by atoms with Crippen molar-refractivity contribution < 1.29 is 0 Å². The summed E-state index contributed by atoms with van der Waals surface area (Å²) in [4.78, 5) is 16.7. The zero-order chi connectivity index (χ0) is 14.1. The van der Waals surface area contributed by atoms with Gasteiger partial charge in [-0.25, -0.2) is 9.67 Å². The highest BCUT2D eigenvalue weighted by Crippen LogP contribution is 2.16. The lowest BCUT2D eigenvalue weighted by molar-refractivity contribution is 0.818. The fraction of sp³-hybridized carbons (Fsp3) is 0.125. The van der Waals surface area contributed by atoms with Gasteiger partial charge in [0, 0.05) is 12.4 Å². The third-order valence-corrected chi connectivity index (χ3v) is 3.26. The molecule has 100 valence electrons. The van der Waals surface area contributed by atoms with Gasteiger partial charge in [0.1, 0.15) is 0 Å². The zero-order valence-corrected chi connectivity index (χ0v) is 11.4. The molecule has 0 aliphatic heterocycles. The minimum absolute atomic E-state index is 0.0924. The van der Waals surface area contributed by atoms with Gasteiger partial charge in [-0.1, -0.05) is 35.9 Å². The molecule has 3 aromatic rings. The summed E-state index contributed by atoms with van der Waals surface area (Å²) < 4.78 is 1.45. The standard InChI is InChI=1S/C16H15N3O/c1-11-3-6-13(7-4-11)14-10-18-19(16(14)20)15-8-5-12(2)9-17-15/h3-10,18H,1-2H3. The van der Waals surface area contributed by atoms with Crippen LogP contribution in [0.4, 0.5) is 0 Å². The molecule has 1 N–H and O–H groups in total. The minimum Gasteiger partial charge on any atom is -0.296 e. The summed E-state index contributed by atoms with van der Waals surface area (Å²) in [6, 6.07) is 11.7. The number of nitrogens with zero attached hydrogens (tertiary/aromatic N) is 2. The first-order valence-corrected chi connectivity index (χ1v) is 6.45. The smallest absolute Gasteiger partial charge is 0.280 e. The summed E-state index contributed by atoms with van der Waals surface area (Å²) in [6.07, 6.45) is 3.46. The lowest BCUT2D eigenvalue weighted by Crippen LogP contribution is -2.16. The van der Waals surface area contributed by atoms with Crippen LogP contribution in [0.2, 0.25) is 0 Å². The van der Waals surface area contributed by atoms with Crippen molar-refractivity contribution in [1.82, 2.24) is 14.8 Å². The van der Waals surface area contributed by atoms with Crippen LogP contribution in [0, 0.1) is 13.8 Å². The lowest BCUT2D eigenvalue weighted by Gasteiger charge is -2.00. The van der Waals surface area contributed by atoms with Crippen molar-refractivity contribution in [1.29, 1.82) is 0 Å². The van der Waals surface area contributed by atoms with E-state index in [2.05, 4.69) is 10.1 Å². The third-order valence-electron chi connectivity index (χ3n) is 3.26. The van der Waals surface area contributed by atoms with Gasteiger partial charge in [0.2, 0.25) is 0 Å². The number of H-pyrrole nitrogens is 1. The Balaban J connectivity index is 2.07. The van der Waals surface area contributed by atoms with E-state index < -0.39 is 0 Å². The number of benzene rings is 1. The van der Waals surface area contributed by atoms with Gasteiger partial charge >= 0.3 is 0 Å². The second kappa shape index (κ2) is 4.81. The first kappa shape index (κ1) is 12.4. The highest BCUT2D eigenvalue weighted by Gasteiger charge is 2.10. The minimum atomic E-state index is -0.0924. The molecule has 4 nitrogen and oxygen atoms in total. The average Bonchev–Trinajstić information content (AvgIpc) is 2.83. The first-order chi connectivity index (χ1) is 9.65. The monoisotopic (exact) mass is 265 g/mol. The molecule has 0 atom stereocenters. The molecule has 0 spiro atoms. The quantitative estimate of drug-likeness (QED) is 0.774. The topological polar surface area (TPSA) is 50.7 Å². The highest BCUT2D eigenvalue weighted by atomic mass is 16.1. The average molecular weight is 265 g/mol. The van der Waals surface area contributed by atoms with Crippen molar-refractivity contribution in [2.75, 3.05) is 0 Å². The molecule has 0 radical (unpaired) electrons. The Labute approximate surface area is 116 Å². The Hall–Kier alpha value is -2.62. The Morgan fingerprint density at radius 2 is 1.70 bits per heavy atom. The molecule has 0 saturated carbocycles. The van der Waals surface area contributed by atoms with Crippen LogP contribution in [-0.4, -0.2) is 14.8 Å². The summed E-state index contributed by atoms with van der Waals surface area (Å²) in [5, 5.41) is 2.96. The van der Waals surface area contributed by atoms with Crippen LogP contribution >= 0.6 is 0 Å².